The Labute approximate surface area is 163 Å². The zero-order valence-corrected chi connectivity index (χ0v) is 16.2. The predicted octanol–water partition coefficient (Wildman–Crippen LogP) is 6.97. The second-order valence-corrected chi connectivity index (χ2v) is 7.99. The number of rotatable bonds is 4. The Balaban J connectivity index is 1.89. The lowest BCUT2D eigenvalue weighted by Crippen LogP contribution is -2.02. The molecule has 0 N–H and O–H groups in total. The van der Waals surface area contributed by atoms with Gasteiger partial charge in [-0.2, -0.15) is 0 Å². The van der Waals surface area contributed by atoms with Crippen molar-refractivity contribution < 1.29 is 0 Å². The number of nitrogens with zero attached hydrogens (tertiary/aromatic N) is 1. The summed E-state index contributed by atoms with van der Waals surface area (Å²) in [4.78, 5) is 1.23. The van der Waals surface area contributed by atoms with Crippen LogP contribution in [0.1, 0.15) is 11.1 Å². The fourth-order valence-electron chi connectivity index (χ4n) is 3.09. The molecule has 1 nitrogen and oxygen atoms in total. The molecule has 0 fully saturated rings. The maximum absolute atomic E-state index is 5.77. The van der Waals surface area contributed by atoms with E-state index in [9.17, 15) is 0 Å². The first kappa shape index (κ1) is 17.0. The van der Waals surface area contributed by atoms with E-state index in [2.05, 4.69) is 90.4 Å². The highest BCUT2D eigenvalue weighted by atomic mass is 32.1. The third-order valence-electron chi connectivity index (χ3n) is 4.44. The lowest BCUT2D eigenvalue weighted by molar-refractivity contribution is 0.809. The van der Waals surface area contributed by atoms with Crippen LogP contribution in [-0.4, -0.2) is 4.57 Å². The molecule has 3 aromatic carbocycles. The molecule has 26 heavy (non-hydrogen) atoms. The molecule has 4 aromatic rings. The number of thiazole rings is 1. The Morgan fingerprint density at radius 2 is 1.35 bits per heavy atom. The Morgan fingerprint density at radius 1 is 0.769 bits per heavy atom. The van der Waals surface area contributed by atoms with Crippen LogP contribution in [0.15, 0.2) is 84.9 Å². The quantitative estimate of drug-likeness (QED) is 0.350. The van der Waals surface area contributed by atoms with E-state index in [1.54, 1.807) is 11.3 Å². The summed E-state index contributed by atoms with van der Waals surface area (Å²) in [5, 5.41) is 0. The zero-order valence-electron chi connectivity index (χ0n) is 14.6. The van der Waals surface area contributed by atoms with Crippen LogP contribution < -0.4 is 0 Å². The third-order valence-corrected chi connectivity index (χ3v) is 5.94. The Morgan fingerprint density at radius 3 is 1.96 bits per heavy atom. The lowest BCUT2D eigenvalue weighted by atomic mass is 10.1. The normalized spacial score (nSPS) is 10.8. The van der Waals surface area contributed by atoms with Gasteiger partial charge < -0.3 is 4.57 Å². The fourth-order valence-corrected chi connectivity index (χ4v) is 4.52. The van der Waals surface area contributed by atoms with Gasteiger partial charge in [0.2, 0.25) is 0 Å². The molecule has 0 saturated carbocycles. The zero-order chi connectivity index (χ0) is 17.9. The van der Waals surface area contributed by atoms with Crippen LogP contribution in [0, 0.1) is 10.9 Å². The van der Waals surface area contributed by atoms with Gasteiger partial charge >= 0.3 is 0 Å². The average Bonchev–Trinajstić information content (AvgIpc) is 3.01. The van der Waals surface area contributed by atoms with Crippen LogP contribution in [0.5, 0.6) is 0 Å². The summed E-state index contributed by atoms with van der Waals surface area (Å²) in [5.74, 6) is 0. The first-order valence-electron chi connectivity index (χ1n) is 8.62. The van der Waals surface area contributed by atoms with Gasteiger partial charge in [-0.05, 0) is 35.8 Å². The lowest BCUT2D eigenvalue weighted by Gasteiger charge is -2.12. The first-order valence-corrected chi connectivity index (χ1v) is 9.85. The maximum Gasteiger partial charge on any atom is 0.162 e. The second kappa shape index (κ2) is 7.40. The van der Waals surface area contributed by atoms with Crippen molar-refractivity contribution in [1.29, 1.82) is 0 Å². The van der Waals surface area contributed by atoms with E-state index in [1.807, 2.05) is 6.07 Å². The van der Waals surface area contributed by atoms with Crippen molar-refractivity contribution in [2.75, 3.05) is 0 Å². The minimum Gasteiger partial charge on any atom is -0.318 e. The summed E-state index contributed by atoms with van der Waals surface area (Å²) < 4.78 is 3.17. The SMILES string of the molecule is Cc1ccc(Cn2c(-c3ccccc3)c(-c3ccccc3)sc2=S)cc1. The third kappa shape index (κ3) is 3.41. The number of benzene rings is 3. The Hall–Kier alpha value is -2.49. The fraction of sp³-hybridized carbons (Fsp3) is 0.0870. The van der Waals surface area contributed by atoms with Gasteiger partial charge in [-0.1, -0.05) is 90.5 Å². The molecule has 0 saturated heterocycles. The van der Waals surface area contributed by atoms with Crippen LogP contribution in [-0.2, 0) is 6.54 Å². The van der Waals surface area contributed by atoms with E-state index >= 15 is 0 Å². The van der Waals surface area contributed by atoms with E-state index in [0.29, 0.717) is 0 Å². The molecule has 0 unspecified atom stereocenters. The molecule has 0 spiro atoms. The van der Waals surface area contributed by atoms with E-state index in [0.717, 1.165) is 10.5 Å². The van der Waals surface area contributed by atoms with Gasteiger partial charge in [0.15, 0.2) is 3.95 Å². The molecule has 1 heterocycles. The monoisotopic (exact) mass is 373 g/mol. The predicted molar refractivity (Wildman–Crippen MR) is 114 cm³/mol. The van der Waals surface area contributed by atoms with Crippen LogP contribution in [0.2, 0.25) is 0 Å². The molecule has 128 valence electrons. The van der Waals surface area contributed by atoms with Crippen LogP contribution in [0.25, 0.3) is 21.7 Å². The van der Waals surface area contributed by atoms with Crippen molar-refractivity contribution in [3.8, 4) is 21.7 Å². The average molecular weight is 374 g/mol. The van der Waals surface area contributed by atoms with Crippen LogP contribution in [0.3, 0.4) is 0 Å². The molecule has 0 aliphatic rings. The molecule has 1 aromatic heterocycles. The highest BCUT2D eigenvalue weighted by Crippen LogP contribution is 2.38. The summed E-state index contributed by atoms with van der Waals surface area (Å²) in [7, 11) is 0. The van der Waals surface area contributed by atoms with Crippen molar-refractivity contribution in [1.82, 2.24) is 4.57 Å². The molecule has 0 radical (unpaired) electrons. The summed E-state index contributed by atoms with van der Waals surface area (Å²) in [5.41, 5.74) is 6.15. The standard InChI is InChI=1S/C23H19NS2/c1-17-12-14-18(15-13-17)16-24-21(19-8-4-2-5-9-19)22(26-23(24)25)20-10-6-3-7-11-20/h2-15H,16H2,1H3. The Kier molecular flexibility index (Phi) is 4.83. The molecule has 0 aliphatic carbocycles. The molecular formula is C23H19NS2. The molecule has 3 heteroatoms. The second-order valence-electron chi connectivity index (χ2n) is 6.35. The van der Waals surface area contributed by atoms with Crippen molar-refractivity contribution in [3.05, 3.63) is 100 Å². The van der Waals surface area contributed by atoms with Crippen molar-refractivity contribution in [2.45, 2.75) is 13.5 Å². The summed E-state index contributed by atoms with van der Waals surface area (Å²) in [6.07, 6.45) is 0. The van der Waals surface area contributed by atoms with Gasteiger partial charge in [0, 0.05) is 6.54 Å². The first-order chi connectivity index (χ1) is 12.7. The topological polar surface area (TPSA) is 4.93 Å². The largest absolute Gasteiger partial charge is 0.318 e. The van der Waals surface area contributed by atoms with Crippen molar-refractivity contribution in [3.63, 3.8) is 0 Å². The van der Waals surface area contributed by atoms with Gasteiger partial charge in [-0.15, -0.1) is 11.3 Å². The minimum atomic E-state index is 0.784. The molecule has 0 bridgehead atoms. The number of aromatic nitrogens is 1. The van der Waals surface area contributed by atoms with Gasteiger partial charge in [-0.3, -0.25) is 0 Å². The molecule has 0 amide bonds. The van der Waals surface area contributed by atoms with Crippen LogP contribution >= 0.6 is 23.6 Å². The highest BCUT2D eigenvalue weighted by molar-refractivity contribution is 7.73. The number of hydrogen-bond acceptors (Lipinski definition) is 2. The highest BCUT2D eigenvalue weighted by Gasteiger charge is 2.16. The van der Waals surface area contributed by atoms with E-state index in [4.69, 9.17) is 12.2 Å². The van der Waals surface area contributed by atoms with Crippen LogP contribution in [0.4, 0.5) is 0 Å². The maximum atomic E-state index is 5.77. The number of hydrogen-bond donors (Lipinski definition) is 0. The summed E-state index contributed by atoms with van der Waals surface area (Å²) >= 11 is 7.46. The van der Waals surface area contributed by atoms with Gasteiger partial charge in [-0.25, -0.2) is 0 Å². The minimum absolute atomic E-state index is 0.784. The van der Waals surface area contributed by atoms with Crippen molar-refractivity contribution in [2.24, 2.45) is 0 Å². The molecule has 0 atom stereocenters. The van der Waals surface area contributed by atoms with Gasteiger partial charge in [0.25, 0.3) is 0 Å². The van der Waals surface area contributed by atoms with Gasteiger partial charge in [0.05, 0.1) is 10.6 Å². The molecule has 4 rings (SSSR count). The van der Waals surface area contributed by atoms with E-state index in [-0.39, 0.29) is 0 Å². The van der Waals surface area contributed by atoms with E-state index < -0.39 is 0 Å². The number of aryl methyl sites for hydroxylation is 1. The van der Waals surface area contributed by atoms with Gasteiger partial charge in [0.1, 0.15) is 0 Å². The summed E-state index contributed by atoms with van der Waals surface area (Å²) in [6, 6.07) is 29.8. The molecule has 0 aliphatic heterocycles. The molecular weight excluding hydrogens is 354 g/mol. The smallest absolute Gasteiger partial charge is 0.162 e. The summed E-state index contributed by atoms with van der Waals surface area (Å²) in [6.45, 7) is 2.90. The van der Waals surface area contributed by atoms with Crippen molar-refractivity contribution >= 4 is 23.6 Å². The van der Waals surface area contributed by atoms with E-state index in [1.165, 1.54) is 32.8 Å². The Bertz CT molecular complexity index is 1060.